The van der Waals surface area contributed by atoms with Crippen LogP contribution in [0.5, 0.6) is 5.75 Å². The number of nitrogens with one attached hydrogen (secondary N) is 1. The molecular formula is C47H72N4O2. The summed E-state index contributed by atoms with van der Waals surface area (Å²) in [7, 11) is 4.21. The number of benzene rings is 2. The van der Waals surface area contributed by atoms with E-state index in [0.717, 1.165) is 74.2 Å². The Balaban J connectivity index is 0.784. The van der Waals surface area contributed by atoms with Gasteiger partial charge in [0.2, 0.25) is 0 Å². The van der Waals surface area contributed by atoms with Gasteiger partial charge in [-0.1, -0.05) is 64.3 Å². The summed E-state index contributed by atoms with van der Waals surface area (Å²) < 4.78 is 5.93. The summed E-state index contributed by atoms with van der Waals surface area (Å²) in [6.45, 7) is 17.0. The largest absolute Gasteiger partial charge is 0.494 e. The van der Waals surface area contributed by atoms with E-state index in [0.29, 0.717) is 16.2 Å². The van der Waals surface area contributed by atoms with Crippen molar-refractivity contribution >= 4 is 5.91 Å². The molecule has 2 saturated heterocycles. The lowest BCUT2D eigenvalue weighted by Gasteiger charge is -2.68. The zero-order valence-electron chi connectivity index (χ0n) is 34.1. The fraction of sp³-hybridized carbons (Fsp3) is 0.723. The maximum absolute atomic E-state index is 13.5. The van der Waals surface area contributed by atoms with E-state index >= 15 is 0 Å². The van der Waals surface area contributed by atoms with E-state index in [4.69, 9.17) is 4.74 Å². The van der Waals surface area contributed by atoms with Crippen LogP contribution in [0, 0.1) is 39.9 Å². The Morgan fingerprint density at radius 2 is 1.51 bits per heavy atom. The van der Waals surface area contributed by atoms with E-state index in [9.17, 15) is 4.79 Å². The van der Waals surface area contributed by atoms with Gasteiger partial charge in [0.15, 0.2) is 0 Å². The third-order valence-corrected chi connectivity index (χ3v) is 15.5. The third kappa shape index (κ3) is 8.86. The van der Waals surface area contributed by atoms with Crippen molar-refractivity contribution in [3.05, 3.63) is 65.2 Å². The van der Waals surface area contributed by atoms with Gasteiger partial charge in [0.1, 0.15) is 5.75 Å². The fourth-order valence-corrected chi connectivity index (χ4v) is 12.2. The van der Waals surface area contributed by atoms with Crippen molar-refractivity contribution in [2.45, 2.75) is 117 Å². The molecule has 6 heteroatoms. The summed E-state index contributed by atoms with van der Waals surface area (Å²) in [5.41, 5.74) is 4.64. The van der Waals surface area contributed by atoms with Crippen LogP contribution in [0.15, 0.2) is 48.5 Å². The Bertz CT molecular complexity index is 1490. The van der Waals surface area contributed by atoms with Crippen LogP contribution in [-0.4, -0.2) is 80.6 Å². The molecule has 1 amide bonds. The van der Waals surface area contributed by atoms with Gasteiger partial charge in [-0.3, -0.25) is 14.6 Å². The van der Waals surface area contributed by atoms with Crippen molar-refractivity contribution in [3.63, 3.8) is 0 Å². The molecule has 1 N–H and O–H groups in total. The van der Waals surface area contributed by atoms with Gasteiger partial charge in [0.25, 0.3) is 5.91 Å². The van der Waals surface area contributed by atoms with Gasteiger partial charge in [-0.25, -0.2) is 0 Å². The number of nitrogens with zero attached hydrogens (tertiary/aromatic N) is 3. The lowest BCUT2D eigenvalue weighted by molar-refractivity contribution is -0.185. The summed E-state index contributed by atoms with van der Waals surface area (Å²) in [5, 5.41) is 3.46. The number of carbonyl (C=O) groups is 1. The Hall–Kier alpha value is -2.41. The van der Waals surface area contributed by atoms with Crippen molar-refractivity contribution in [2.75, 3.05) is 60.0 Å². The predicted octanol–water partition coefficient (Wildman–Crippen LogP) is 9.28. The molecule has 5 fully saturated rings. The SMILES string of the molecule is CCC1CC2CC3(CNC(=O)c4cccc(CN5CCC(CCC6CCN(Cc7ccc(OCCCN(C)C)cc7)CC6)CC5)c4)CC(C)(C1)C3(C)C2. The van der Waals surface area contributed by atoms with Crippen molar-refractivity contribution in [1.29, 1.82) is 0 Å². The first-order valence-corrected chi connectivity index (χ1v) is 21.7. The number of ether oxygens (including phenoxy) is 1. The molecular weight excluding hydrogens is 653 g/mol. The number of rotatable bonds is 16. The molecule has 6 nitrogen and oxygen atoms in total. The summed E-state index contributed by atoms with van der Waals surface area (Å²) in [4.78, 5) is 21.0. The number of hydrogen-bond donors (Lipinski definition) is 1. The number of piperidine rings is 2. The minimum atomic E-state index is 0.125. The smallest absolute Gasteiger partial charge is 0.251 e. The maximum Gasteiger partial charge on any atom is 0.251 e. The third-order valence-electron chi connectivity index (χ3n) is 15.5. The van der Waals surface area contributed by atoms with E-state index in [1.54, 1.807) is 0 Å². The van der Waals surface area contributed by atoms with E-state index in [1.165, 1.54) is 114 Å². The Labute approximate surface area is 322 Å². The van der Waals surface area contributed by atoms with E-state index < -0.39 is 0 Å². The van der Waals surface area contributed by atoms with Gasteiger partial charge in [-0.15, -0.1) is 0 Å². The average Bonchev–Trinajstić information content (AvgIpc) is 3.34. The van der Waals surface area contributed by atoms with Crippen LogP contribution in [0.1, 0.15) is 126 Å². The molecule has 53 heavy (non-hydrogen) atoms. The summed E-state index contributed by atoms with van der Waals surface area (Å²) in [6.07, 6.45) is 17.3. The molecule has 2 aliphatic heterocycles. The maximum atomic E-state index is 13.5. The molecule has 7 rings (SSSR count). The van der Waals surface area contributed by atoms with Crippen LogP contribution in [-0.2, 0) is 13.1 Å². The molecule has 3 saturated carbocycles. The van der Waals surface area contributed by atoms with Crippen LogP contribution < -0.4 is 10.1 Å². The highest BCUT2D eigenvalue weighted by Crippen LogP contribution is 2.79. The first-order chi connectivity index (χ1) is 25.5. The number of likely N-dealkylation sites (tertiary alicyclic amines) is 2. The van der Waals surface area contributed by atoms with E-state index in [2.05, 4.69) is 97.3 Å². The van der Waals surface area contributed by atoms with Gasteiger partial charge < -0.3 is 15.0 Å². The second-order valence-electron chi connectivity index (χ2n) is 19.4. The average molecular weight is 725 g/mol. The van der Waals surface area contributed by atoms with Crippen LogP contribution in [0.25, 0.3) is 0 Å². The van der Waals surface area contributed by atoms with Crippen LogP contribution in [0.4, 0.5) is 0 Å². The first-order valence-electron chi connectivity index (χ1n) is 21.7. The minimum absolute atomic E-state index is 0.125. The highest BCUT2D eigenvalue weighted by Gasteiger charge is 2.73. The van der Waals surface area contributed by atoms with E-state index in [-0.39, 0.29) is 5.91 Å². The van der Waals surface area contributed by atoms with Crippen LogP contribution >= 0.6 is 0 Å². The van der Waals surface area contributed by atoms with Gasteiger partial charge in [0, 0.05) is 31.7 Å². The highest BCUT2D eigenvalue weighted by molar-refractivity contribution is 5.94. The normalized spacial score (nSPS) is 31.0. The molecule has 5 atom stereocenters. The Morgan fingerprint density at radius 1 is 0.849 bits per heavy atom. The molecule has 292 valence electrons. The quantitative estimate of drug-likeness (QED) is 0.175. The molecule has 0 radical (unpaired) electrons. The molecule has 0 aromatic heterocycles. The molecule has 2 heterocycles. The van der Waals surface area contributed by atoms with Gasteiger partial charge in [0.05, 0.1) is 6.61 Å². The molecule has 2 aromatic carbocycles. The molecule has 2 bridgehead atoms. The van der Waals surface area contributed by atoms with Gasteiger partial charge in [-0.2, -0.15) is 0 Å². The molecule has 0 spiro atoms. The Morgan fingerprint density at radius 3 is 2.15 bits per heavy atom. The zero-order valence-corrected chi connectivity index (χ0v) is 34.1. The summed E-state index contributed by atoms with van der Waals surface area (Å²) in [6, 6.07) is 17.3. The second kappa shape index (κ2) is 16.8. The predicted molar refractivity (Wildman–Crippen MR) is 218 cm³/mol. The number of fused-ring (bicyclic) bond motifs is 1. The van der Waals surface area contributed by atoms with Crippen LogP contribution in [0.3, 0.4) is 0 Å². The summed E-state index contributed by atoms with van der Waals surface area (Å²) >= 11 is 0. The fourth-order valence-electron chi connectivity index (χ4n) is 12.2. The van der Waals surface area contributed by atoms with Crippen molar-refractivity contribution in [3.8, 4) is 5.75 Å². The first kappa shape index (κ1) is 38.8. The number of amides is 1. The lowest BCUT2D eigenvalue weighted by atomic mass is 9.37. The standard InChI is InChI=1S/C47H72N4O2/c1-6-36-27-41-30-46(3)45(2,29-36)34-47(46,31-41)35-48-44(52)42-10-7-9-40(28-42)33-51-24-19-38(20-25-51)12-11-37-17-22-50(23-18-37)32-39-13-15-43(16-14-39)53-26-8-21-49(4)5/h7,9-10,13-16,28,36-38,41H,6,8,11-12,17-27,29-35H2,1-5H3,(H,48,52). The molecule has 5 unspecified atom stereocenters. The van der Waals surface area contributed by atoms with Crippen molar-refractivity contribution in [1.82, 2.24) is 20.0 Å². The minimum Gasteiger partial charge on any atom is -0.494 e. The topological polar surface area (TPSA) is 48.1 Å². The Kier molecular flexibility index (Phi) is 12.3. The van der Waals surface area contributed by atoms with Gasteiger partial charge >= 0.3 is 0 Å². The van der Waals surface area contributed by atoms with Crippen LogP contribution in [0.2, 0.25) is 0 Å². The molecule has 5 aliphatic rings. The van der Waals surface area contributed by atoms with Crippen molar-refractivity contribution < 1.29 is 9.53 Å². The monoisotopic (exact) mass is 725 g/mol. The zero-order chi connectivity index (χ0) is 37.1. The molecule has 2 aromatic rings. The lowest BCUT2D eigenvalue weighted by Crippen LogP contribution is -2.64. The number of carbonyl (C=O) groups excluding carboxylic acids is 1. The van der Waals surface area contributed by atoms with Gasteiger partial charge in [-0.05, 0) is 180 Å². The number of hydrogen-bond acceptors (Lipinski definition) is 5. The second-order valence-corrected chi connectivity index (χ2v) is 19.4. The molecule has 3 aliphatic carbocycles. The van der Waals surface area contributed by atoms with Crippen molar-refractivity contribution in [2.24, 2.45) is 39.9 Å². The highest BCUT2D eigenvalue weighted by atomic mass is 16.5. The van der Waals surface area contributed by atoms with E-state index in [1.807, 2.05) is 6.07 Å². The summed E-state index contributed by atoms with van der Waals surface area (Å²) in [5.74, 6) is 4.61.